The van der Waals surface area contributed by atoms with Gasteiger partial charge in [0.2, 0.25) is 0 Å². The molecular weight excluding hydrogens is 160 g/mol. The summed E-state index contributed by atoms with van der Waals surface area (Å²) in [5.74, 6) is 0. The number of hydrogen-bond acceptors (Lipinski definition) is 2. The molecule has 0 radical (unpaired) electrons. The third-order valence-corrected chi connectivity index (χ3v) is 3.74. The van der Waals surface area contributed by atoms with Crippen LogP contribution in [0.1, 0.15) is 32.6 Å². The van der Waals surface area contributed by atoms with Crippen molar-refractivity contribution in [3.63, 3.8) is 0 Å². The van der Waals surface area contributed by atoms with E-state index in [0.29, 0.717) is 0 Å². The number of likely N-dealkylation sites (N-methyl/N-ethyl adjacent to an activating group) is 2. The molecule has 1 atom stereocenters. The monoisotopic (exact) mass is 182 g/mol. The summed E-state index contributed by atoms with van der Waals surface area (Å²) in [5, 5.41) is 0. The summed E-state index contributed by atoms with van der Waals surface area (Å²) in [6.45, 7) is 6.16. The molecule has 13 heavy (non-hydrogen) atoms. The predicted octanol–water partition coefficient (Wildman–Crippen LogP) is 1.56. The van der Waals surface area contributed by atoms with Crippen LogP contribution in [-0.4, -0.2) is 48.6 Å². The molecule has 2 aliphatic rings. The van der Waals surface area contributed by atoms with E-state index >= 15 is 0 Å². The average Bonchev–Trinajstić information content (AvgIpc) is 2.43. The van der Waals surface area contributed by atoms with Crippen LogP contribution in [0.5, 0.6) is 0 Å². The summed E-state index contributed by atoms with van der Waals surface area (Å²) in [4.78, 5) is 5.21. The smallest absolute Gasteiger partial charge is 0.0238 e. The van der Waals surface area contributed by atoms with Crippen molar-refractivity contribution in [2.24, 2.45) is 0 Å². The molecule has 2 rings (SSSR count). The number of hydrogen-bond donors (Lipinski definition) is 0. The van der Waals surface area contributed by atoms with E-state index in [2.05, 4.69) is 23.8 Å². The quantitative estimate of drug-likeness (QED) is 0.653. The predicted molar refractivity (Wildman–Crippen MR) is 55.9 cm³/mol. The van der Waals surface area contributed by atoms with E-state index in [9.17, 15) is 0 Å². The Balaban J connectivity index is 1.88. The van der Waals surface area contributed by atoms with Gasteiger partial charge in [-0.05, 0) is 39.4 Å². The highest BCUT2D eigenvalue weighted by molar-refractivity contribution is 4.88. The van der Waals surface area contributed by atoms with Gasteiger partial charge < -0.3 is 4.90 Å². The molecule has 2 heteroatoms. The van der Waals surface area contributed by atoms with Gasteiger partial charge in [-0.25, -0.2) is 0 Å². The fourth-order valence-corrected chi connectivity index (χ4v) is 2.72. The van der Waals surface area contributed by atoms with Gasteiger partial charge in [0.15, 0.2) is 0 Å². The normalized spacial score (nSPS) is 31.2. The van der Waals surface area contributed by atoms with Gasteiger partial charge in [-0.1, -0.05) is 13.3 Å². The van der Waals surface area contributed by atoms with Crippen LogP contribution >= 0.6 is 0 Å². The van der Waals surface area contributed by atoms with Gasteiger partial charge in [0.25, 0.3) is 0 Å². The second-order valence-electron chi connectivity index (χ2n) is 4.62. The lowest BCUT2D eigenvalue weighted by Gasteiger charge is -2.40. The Kier molecular flexibility index (Phi) is 2.89. The molecule has 0 aromatic rings. The van der Waals surface area contributed by atoms with Crippen molar-refractivity contribution in [1.82, 2.24) is 9.80 Å². The van der Waals surface area contributed by atoms with Crippen molar-refractivity contribution < 1.29 is 0 Å². The first-order valence-electron chi connectivity index (χ1n) is 5.75. The van der Waals surface area contributed by atoms with Crippen LogP contribution in [0.15, 0.2) is 0 Å². The van der Waals surface area contributed by atoms with Gasteiger partial charge >= 0.3 is 0 Å². The molecule has 76 valence electrons. The molecule has 1 aliphatic heterocycles. The third kappa shape index (κ3) is 1.89. The lowest BCUT2D eigenvalue weighted by Crippen LogP contribution is -2.47. The SMILES string of the molecule is CCN(C1CCC1)[C@@H]1CCN(C)C1. The van der Waals surface area contributed by atoms with Gasteiger partial charge in [0, 0.05) is 18.6 Å². The minimum Gasteiger partial charge on any atom is -0.305 e. The topological polar surface area (TPSA) is 6.48 Å². The lowest BCUT2D eigenvalue weighted by molar-refractivity contribution is 0.0891. The van der Waals surface area contributed by atoms with Crippen LogP contribution in [0, 0.1) is 0 Å². The van der Waals surface area contributed by atoms with E-state index in [1.54, 1.807) is 0 Å². The van der Waals surface area contributed by atoms with Crippen LogP contribution in [0.25, 0.3) is 0 Å². The second-order valence-corrected chi connectivity index (χ2v) is 4.62. The Hall–Kier alpha value is -0.0800. The summed E-state index contributed by atoms with van der Waals surface area (Å²) in [7, 11) is 2.24. The second kappa shape index (κ2) is 3.97. The average molecular weight is 182 g/mol. The van der Waals surface area contributed by atoms with E-state index < -0.39 is 0 Å². The minimum atomic E-state index is 0.861. The zero-order chi connectivity index (χ0) is 9.26. The summed E-state index contributed by atoms with van der Waals surface area (Å²) in [5.41, 5.74) is 0. The Morgan fingerprint density at radius 2 is 2.00 bits per heavy atom. The largest absolute Gasteiger partial charge is 0.305 e. The van der Waals surface area contributed by atoms with Crippen molar-refractivity contribution in [2.75, 3.05) is 26.7 Å². The summed E-state index contributed by atoms with van der Waals surface area (Å²) in [6.07, 6.45) is 5.76. The van der Waals surface area contributed by atoms with E-state index in [1.807, 2.05) is 0 Å². The molecule has 2 fully saturated rings. The molecule has 2 nitrogen and oxygen atoms in total. The van der Waals surface area contributed by atoms with Crippen molar-refractivity contribution in [3.05, 3.63) is 0 Å². The number of nitrogens with zero attached hydrogens (tertiary/aromatic N) is 2. The molecule has 1 heterocycles. The Bertz CT molecular complexity index is 165. The van der Waals surface area contributed by atoms with Crippen molar-refractivity contribution in [3.8, 4) is 0 Å². The fourth-order valence-electron chi connectivity index (χ4n) is 2.72. The highest BCUT2D eigenvalue weighted by Crippen LogP contribution is 2.28. The molecular formula is C11H22N2. The number of likely N-dealkylation sites (tertiary alicyclic amines) is 1. The van der Waals surface area contributed by atoms with E-state index in [1.165, 1.54) is 45.3 Å². The molecule has 0 amide bonds. The van der Waals surface area contributed by atoms with Crippen molar-refractivity contribution in [2.45, 2.75) is 44.7 Å². The van der Waals surface area contributed by atoms with Gasteiger partial charge in [-0.2, -0.15) is 0 Å². The third-order valence-electron chi connectivity index (χ3n) is 3.74. The van der Waals surface area contributed by atoms with E-state index in [0.717, 1.165) is 12.1 Å². The maximum atomic E-state index is 2.74. The van der Waals surface area contributed by atoms with E-state index in [4.69, 9.17) is 0 Å². The molecule has 0 bridgehead atoms. The first kappa shape index (κ1) is 9.47. The van der Waals surface area contributed by atoms with Crippen molar-refractivity contribution >= 4 is 0 Å². The first-order chi connectivity index (χ1) is 6.31. The minimum absolute atomic E-state index is 0.861. The van der Waals surface area contributed by atoms with Gasteiger partial charge in [-0.15, -0.1) is 0 Å². The molecule has 0 unspecified atom stereocenters. The summed E-state index contributed by atoms with van der Waals surface area (Å²) >= 11 is 0. The highest BCUT2D eigenvalue weighted by Gasteiger charge is 2.32. The molecule has 1 saturated heterocycles. The maximum absolute atomic E-state index is 2.74. The molecule has 0 spiro atoms. The first-order valence-corrected chi connectivity index (χ1v) is 5.75. The standard InChI is InChI=1S/C11H22N2/c1-3-13(10-5-4-6-10)11-7-8-12(2)9-11/h10-11H,3-9H2,1-2H3/t11-/m1/s1. The fraction of sp³-hybridized carbons (Fsp3) is 1.00. The Morgan fingerprint density at radius 1 is 1.23 bits per heavy atom. The Morgan fingerprint density at radius 3 is 2.38 bits per heavy atom. The molecule has 0 aromatic heterocycles. The molecule has 0 N–H and O–H groups in total. The zero-order valence-corrected chi connectivity index (χ0v) is 9.00. The van der Waals surface area contributed by atoms with Gasteiger partial charge in [0.1, 0.15) is 0 Å². The van der Waals surface area contributed by atoms with E-state index in [-0.39, 0.29) is 0 Å². The van der Waals surface area contributed by atoms with Crippen LogP contribution in [0.3, 0.4) is 0 Å². The van der Waals surface area contributed by atoms with Gasteiger partial charge in [-0.3, -0.25) is 4.90 Å². The maximum Gasteiger partial charge on any atom is 0.0238 e. The van der Waals surface area contributed by atoms with Crippen LogP contribution < -0.4 is 0 Å². The Labute approximate surface area is 81.9 Å². The van der Waals surface area contributed by atoms with Crippen LogP contribution in [-0.2, 0) is 0 Å². The van der Waals surface area contributed by atoms with Crippen LogP contribution in [0.4, 0.5) is 0 Å². The summed E-state index contributed by atoms with van der Waals surface area (Å²) in [6, 6.07) is 1.79. The zero-order valence-electron chi connectivity index (χ0n) is 9.00. The highest BCUT2D eigenvalue weighted by atomic mass is 15.3. The lowest BCUT2D eigenvalue weighted by atomic mass is 9.90. The van der Waals surface area contributed by atoms with Gasteiger partial charge in [0.05, 0.1) is 0 Å². The molecule has 0 aromatic carbocycles. The molecule has 1 saturated carbocycles. The number of rotatable bonds is 3. The van der Waals surface area contributed by atoms with Crippen molar-refractivity contribution in [1.29, 1.82) is 0 Å². The van der Waals surface area contributed by atoms with Crippen LogP contribution in [0.2, 0.25) is 0 Å². The molecule has 1 aliphatic carbocycles. The summed E-state index contributed by atoms with van der Waals surface area (Å²) < 4.78 is 0.